The van der Waals surface area contributed by atoms with E-state index in [-0.39, 0.29) is 6.10 Å². The molecule has 1 amide bonds. The molecule has 0 bridgehead atoms. The molecule has 0 spiro atoms. The Labute approximate surface area is 139 Å². The van der Waals surface area contributed by atoms with Crippen LogP contribution in [0.5, 0.6) is 0 Å². The van der Waals surface area contributed by atoms with Crippen molar-refractivity contribution in [3.8, 4) is 11.1 Å². The molecule has 0 saturated carbocycles. The Morgan fingerprint density at radius 1 is 1.29 bits per heavy atom. The number of anilines is 1. The fourth-order valence-corrected chi connectivity index (χ4v) is 3.36. The lowest BCUT2D eigenvalue weighted by atomic mass is 9.95. The van der Waals surface area contributed by atoms with Crippen molar-refractivity contribution in [2.45, 2.75) is 12.5 Å². The zero-order valence-electron chi connectivity index (χ0n) is 13.4. The lowest BCUT2D eigenvalue weighted by Gasteiger charge is -2.32. The Morgan fingerprint density at radius 3 is 2.96 bits per heavy atom. The van der Waals surface area contributed by atoms with Crippen LogP contribution in [-0.2, 0) is 4.74 Å². The molecule has 1 aromatic heterocycles. The van der Waals surface area contributed by atoms with E-state index < -0.39 is 6.09 Å². The molecular weight excluding hydrogens is 304 g/mol. The van der Waals surface area contributed by atoms with Crippen LogP contribution in [0.1, 0.15) is 18.1 Å². The Bertz CT molecular complexity index is 916. The van der Waals surface area contributed by atoms with Crippen molar-refractivity contribution in [2.75, 3.05) is 18.5 Å². The summed E-state index contributed by atoms with van der Waals surface area (Å²) < 4.78 is 10.9. The topological polar surface area (TPSA) is 68.7 Å². The average molecular weight is 322 g/mol. The first kappa shape index (κ1) is 14.6. The summed E-state index contributed by atoms with van der Waals surface area (Å²) in [6.07, 6.45) is 1.50. The van der Waals surface area contributed by atoms with Crippen LogP contribution in [-0.4, -0.2) is 19.7 Å². The minimum atomic E-state index is -0.736. The molecule has 1 unspecified atom stereocenters. The van der Waals surface area contributed by atoms with E-state index in [4.69, 9.17) is 14.9 Å². The molecule has 1 atom stereocenters. The van der Waals surface area contributed by atoms with Gasteiger partial charge in [-0.3, -0.25) is 0 Å². The molecule has 4 rings (SSSR count). The molecule has 2 aromatic carbocycles. The van der Waals surface area contributed by atoms with Crippen molar-refractivity contribution in [1.82, 2.24) is 0 Å². The summed E-state index contributed by atoms with van der Waals surface area (Å²) >= 11 is 0. The van der Waals surface area contributed by atoms with Gasteiger partial charge in [0, 0.05) is 42.2 Å². The number of ether oxygens (including phenoxy) is 1. The summed E-state index contributed by atoms with van der Waals surface area (Å²) in [5.41, 5.74) is 10.2. The molecule has 0 aliphatic carbocycles. The van der Waals surface area contributed by atoms with Gasteiger partial charge in [0.25, 0.3) is 0 Å². The third kappa shape index (κ3) is 2.38. The molecule has 3 aromatic rings. The average Bonchev–Trinajstić information content (AvgIpc) is 3.01. The van der Waals surface area contributed by atoms with Crippen LogP contribution in [0.2, 0.25) is 0 Å². The summed E-state index contributed by atoms with van der Waals surface area (Å²) in [6.45, 7) is 0.806. The third-order valence-corrected chi connectivity index (χ3v) is 4.57. The summed E-state index contributed by atoms with van der Waals surface area (Å²) in [7, 11) is 2.04. The van der Waals surface area contributed by atoms with E-state index in [0.717, 1.165) is 46.3 Å². The van der Waals surface area contributed by atoms with E-state index in [1.54, 1.807) is 6.26 Å². The Kier molecular flexibility index (Phi) is 3.41. The second kappa shape index (κ2) is 5.60. The van der Waals surface area contributed by atoms with E-state index >= 15 is 0 Å². The summed E-state index contributed by atoms with van der Waals surface area (Å²) in [4.78, 5) is 13.3. The van der Waals surface area contributed by atoms with Crippen LogP contribution in [0.15, 0.2) is 53.1 Å². The highest BCUT2D eigenvalue weighted by Gasteiger charge is 2.26. The monoisotopic (exact) mass is 322 g/mol. The molecule has 24 heavy (non-hydrogen) atoms. The minimum absolute atomic E-state index is 0.288. The van der Waals surface area contributed by atoms with Crippen molar-refractivity contribution in [3.63, 3.8) is 0 Å². The number of primary amides is 1. The number of hydrogen-bond donors (Lipinski definition) is 1. The SMILES string of the molecule is CN1CCC(OC(N)=O)c2ccc(-c3coc4ccccc34)cc21. The first-order valence-electron chi connectivity index (χ1n) is 7.91. The number of benzene rings is 2. The maximum atomic E-state index is 11.1. The lowest BCUT2D eigenvalue weighted by Crippen LogP contribution is -2.30. The number of carbonyl (C=O) groups is 1. The van der Waals surface area contributed by atoms with Gasteiger partial charge in [-0.15, -0.1) is 0 Å². The van der Waals surface area contributed by atoms with Crippen LogP contribution >= 0.6 is 0 Å². The number of amides is 1. The largest absolute Gasteiger partial charge is 0.464 e. The fourth-order valence-electron chi connectivity index (χ4n) is 3.36. The van der Waals surface area contributed by atoms with Crippen LogP contribution < -0.4 is 10.6 Å². The van der Waals surface area contributed by atoms with Gasteiger partial charge in [0.2, 0.25) is 0 Å². The van der Waals surface area contributed by atoms with E-state index in [0.29, 0.717) is 0 Å². The maximum Gasteiger partial charge on any atom is 0.405 e. The van der Waals surface area contributed by atoms with Crippen molar-refractivity contribution < 1.29 is 13.9 Å². The van der Waals surface area contributed by atoms with Gasteiger partial charge in [0.1, 0.15) is 11.7 Å². The minimum Gasteiger partial charge on any atom is -0.464 e. The molecule has 1 aliphatic rings. The van der Waals surface area contributed by atoms with Crippen molar-refractivity contribution >= 4 is 22.7 Å². The number of hydrogen-bond acceptors (Lipinski definition) is 4. The fraction of sp³-hybridized carbons (Fsp3) is 0.211. The molecule has 5 heteroatoms. The number of para-hydroxylation sites is 1. The van der Waals surface area contributed by atoms with Crippen molar-refractivity contribution in [1.29, 1.82) is 0 Å². The molecule has 1 aliphatic heterocycles. The molecule has 5 nitrogen and oxygen atoms in total. The normalized spacial score (nSPS) is 16.9. The number of rotatable bonds is 2. The zero-order valence-corrected chi connectivity index (χ0v) is 13.4. The van der Waals surface area contributed by atoms with Gasteiger partial charge in [0.05, 0.1) is 6.26 Å². The molecule has 0 fully saturated rings. The molecule has 2 heterocycles. The summed E-state index contributed by atoms with van der Waals surface area (Å²) in [6, 6.07) is 14.1. The summed E-state index contributed by atoms with van der Waals surface area (Å²) in [5.74, 6) is 0. The predicted octanol–water partition coefficient (Wildman–Crippen LogP) is 4.08. The number of carbonyl (C=O) groups excluding carboxylic acids is 1. The van der Waals surface area contributed by atoms with Gasteiger partial charge < -0.3 is 19.8 Å². The number of nitrogens with two attached hydrogens (primary N) is 1. The number of furan rings is 1. The van der Waals surface area contributed by atoms with Gasteiger partial charge >= 0.3 is 6.09 Å². The highest BCUT2D eigenvalue weighted by molar-refractivity contribution is 5.94. The standard InChI is InChI=1S/C19H18N2O3/c1-21-9-8-18(24-19(20)22)14-7-6-12(10-16(14)21)15-11-23-17-5-3-2-4-13(15)17/h2-7,10-11,18H,8-9H2,1H3,(H2,20,22). The predicted molar refractivity (Wildman–Crippen MR) is 92.9 cm³/mol. The lowest BCUT2D eigenvalue weighted by molar-refractivity contribution is 0.100. The molecule has 122 valence electrons. The zero-order chi connectivity index (χ0) is 16.7. The highest BCUT2D eigenvalue weighted by atomic mass is 16.6. The van der Waals surface area contributed by atoms with Gasteiger partial charge in [-0.05, 0) is 17.7 Å². The Balaban J connectivity index is 1.80. The molecule has 2 N–H and O–H groups in total. The van der Waals surface area contributed by atoms with Gasteiger partial charge in [-0.25, -0.2) is 4.79 Å². The Hall–Kier alpha value is -2.95. The quantitative estimate of drug-likeness (QED) is 0.772. The van der Waals surface area contributed by atoms with Crippen LogP contribution in [0, 0.1) is 0 Å². The van der Waals surface area contributed by atoms with Crippen LogP contribution in [0.4, 0.5) is 10.5 Å². The Morgan fingerprint density at radius 2 is 2.12 bits per heavy atom. The molecular formula is C19H18N2O3. The number of fused-ring (bicyclic) bond motifs is 2. The molecule has 0 radical (unpaired) electrons. The maximum absolute atomic E-state index is 11.1. The van der Waals surface area contributed by atoms with E-state index in [1.807, 2.05) is 37.4 Å². The van der Waals surface area contributed by atoms with Gasteiger partial charge in [-0.2, -0.15) is 0 Å². The van der Waals surface area contributed by atoms with E-state index in [9.17, 15) is 4.79 Å². The van der Waals surface area contributed by atoms with Crippen LogP contribution in [0.3, 0.4) is 0 Å². The van der Waals surface area contributed by atoms with Gasteiger partial charge in [-0.1, -0.05) is 30.3 Å². The third-order valence-electron chi connectivity index (χ3n) is 4.57. The first-order valence-corrected chi connectivity index (χ1v) is 7.91. The van der Waals surface area contributed by atoms with Gasteiger partial charge in [0.15, 0.2) is 0 Å². The number of nitrogens with zero attached hydrogens (tertiary/aromatic N) is 1. The second-order valence-corrected chi connectivity index (χ2v) is 6.05. The van der Waals surface area contributed by atoms with E-state index in [1.165, 1.54) is 0 Å². The smallest absolute Gasteiger partial charge is 0.405 e. The molecule has 0 saturated heterocycles. The van der Waals surface area contributed by atoms with Crippen molar-refractivity contribution in [3.05, 3.63) is 54.3 Å². The highest BCUT2D eigenvalue weighted by Crippen LogP contribution is 2.39. The first-order chi connectivity index (χ1) is 11.6. The second-order valence-electron chi connectivity index (χ2n) is 6.05. The van der Waals surface area contributed by atoms with Crippen LogP contribution in [0.25, 0.3) is 22.1 Å². The van der Waals surface area contributed by atoms with E-state index in [2.05, 4.69) is 17.0 Å². The van der Waals surface area contributed by atoms with Crippen molar-refractivity contribution in [2.24, 2.45) is 5.73 Å². The summed E-state index contributed by atoms with van der Waals surface area (Å²) in [5, 5.41) is 1.08.